The summed E-state index contributed by atoms with van der Waals surface area (Å²) >= 11 is 0. The molecule has 0 aliphatic rings. The average Bonchev–Trinajstić information content (AvgIpc) is 2.39. The van der Waals surface area contributed by atoms with Gasteiger partial charge in [-0.05, 0) is 31.0 Å². The van der Waals surface area contributed by atoms with Gasteiger partial charge >= 0.3 is 0 Å². The van der Waals surface area contributed by atoms with E-state index < -0.39 is 0 Å². The number of nitrogens with zero attached hydrogens (tertiary/aromatic N) is 2. The van der Waals surface area contributed by atoms with Crippen molar-refractivity contribution in [2.45, 2.75) is 20.3 Å². The van der Waals surface area contributed by atoms with Crippen LogP contribution in [0, 0.1) is 18.3 Å². The summed E-state index contributed by atoms with van der Waals surface area (Å²) in [5.41, 5.74) is 2.99. The van der Waals surface area contributed by atoms with Crippen LogP contribution in [-0.4, -0.2) is 4.57 Å². The summed E-state index contributed by atoms with van der Waals surface area (Å²) in [5.74, 6) is 0. The Morgan fingerprint density at radius 1 is 1.28 bits per heavy atom. The van der Waals surface area contributed by atoms with Crippen molar-refractivity contribution in [2.75, 3.05) is 0 Å². The standard InChI is InChI=1S/C15H14N2O/c1-3-12-4-6-14(7-5-12)17-10-13(9-16)15(18)8-11(17)2/h4-8,10H,3H2,1-2H3. The summed E-state index contributed by atoms with van der Waals surface area (Å²) in [5, 5.41) is 8.90. The first-order valence-electron chi connectivity index (χ1n) is 5.88. The van der Waals surface area contributed by atoms with Crippen LogP contribution in [-0.2, 0) is 6.42 Å². The molecule has 0 fully saturated rings. The minimum absolute atomic E-state index is 0.167. The van der Waals surface area contributed by atoms with Gasteiger partial charge in [-0.1, -0.05) is 19.1 Å². The molecule has 0 unspecified atom stereocenters. The maximum absolute atomic E-state index is 11.5. The fourth-order valence-corrected chi connectivity index (χ4v) is 1.89. The normalized spacial score (nSPS) is 10.1. The second-order valence-electron chi connectivity index (χ2n) is 4.19. The van der Waals surface area contributed by atoms with Crippen molar-refractivity contribution in [1.29, 1.82) is 5.26 Å². The maximum atomic E-state index is 11.5. The van der Waals surface area contributed by atoms with Crippen LogP contribution in [0.4, 0.5) is 0 Å². The first-order valence-corrected chi connectivity index (χ1v) is 5.88. The molecule has 0 aliphatic heterocycles. The largest absolute Gasteiger partial charge is 0.320 e. The second-order valence-corrected chi connectivity index (χ2v) is 4.19. The molecule has 3 nitrogen and oxygen atoms in total. The zero-order chi connectivity index (χ0) is 13.1. The van der Waals surface area contributed by atoms with E-state index in [1.807, 2.05) is 29.7 Å². The number of benzene rings is 1. The third-order valence-electron chi connectivity index (χ3n) is 2.99. The predicted molar refractivity (Wildman–Crippen MR) is 70.9 cm³/mol. The molecule has 0 spiro atoms. The Bertz CT molecular complexity index is 660. The highest BCUT2D eigenvalue weighted by Gasteiger charge is 2.04. The van der Waals surface area contributed by atoms with Crippen LogP contribution in [0.15, 0.2) is 41.3 Å². The van der Waals surface area contributed by atoms with E-state index in [-0.39, 0.29) is 11.0 Å². The summed E-state index contributed by atoms with van der Waals surface area (Å²) in [6.45, 7) is 3.96. The van der Waals surface area contributed by atoms with E-state index >= 15 is 0 Å². The van der Waals surface area contributed by atoms with Crippen molar-refractivity contribution >= 4 is 0 Å². The van der Waals surface area contributed by atoms with Gasteiger partial charge < -0.3 is 4.57 Å². The number of hydrogen-bond acceptors (Lipinski definition) is 2. The van der Waals surface area contributed by atoms with E-state index in [1.54, 1.807) is 6.20 Å². The van der Waals surface area contributed by atoms with Crippen molar-refractivity contribution in [1.82, 2.24) is 4.57 Å². The Balaban J connectivity index is 2.56. The third-order valence-corrected chi connectivity index (χ3v) is 2.99. The molecule has 0 saturated heterocycles. The zero-order valence-corrected chi connectivity index (χ0v) is 10.5. The molecular weight excluding hydrogens is 224 g/mol. The molecule has 0 aliphatic carbocycles. The van der Waals surface area contributed by atoms with E-state index in [4.69, 9.17) is 5.26 Å². The van der Waals surface area contributed by atoms with Crippen molar-refractivity contribution < 1.29 is 0 Å². The first-order chi connectivity index (χ1) is 8.65. The van der Waals surface area contributed by atoms with Gasteiger partial charge in [-0.3, -0.25) is 4.79 Å². The predicted octanol–water partition coefficient (Wildman–Crippen LogP) is 2.58. The van der Waals surface area contributed by atoms with E-state index in [0.717, 1.165) is 17.8 Å². The minimum atomic E-state index is -0.226. The fraction of sp³-hybridized carbons (Fsp3) is 0.200. The lowest BCUT2D eigenvalue weighted by molar-refractivity contribution is 0.965. The lowest BCUT2D eigenvalue weighted by Gasteiger charge is -2.11. The van der Waals surface area contributed by atoms with E-state index in [9.17, 15) is 4.79 Å². The highest BCUT2D eigenvalue weighted by molar-refractivity contribution is 5.39. The maximum Gasteiger partial charge on any atom is 0.199 e. The van der Waals surface area contributed by atoms with Crippen molar-refractivity contribution in [3.8, 4) is 11.8 Å². The smallest absolute Gasteiger partial charge is 0.199 e. The molecule has 2 rings (SSSR count). The number of rotatable bonds is 2. The molecule has 0 bridgehead atoms. The Hall–Kier alpha value is -2.34. The number of pyridine rings is 1. The molecule has 2 aromatic rings. The van der Waals surface area contributed by atoms with Crippen LogP contribution < -0.4 is 5.43 Å². The van der Waals surface area contributed by atoms with E-state index in [0.29, 0.717) is 0 Å². The number of nitriles is 1. The van der Waals surface area contributed by atoms with Gasteiger partial charge in [0.05, 0.1) is 0 Å². The van der Waals surface area contributed by atoms with E-state index in [2.05, 4.69) is 19.1 Å². The molecule has 0 atom stereocenters. The van der Waals surface area contributed by atoms with Gasteiger partial charge in [-0.2, -0.15) is 5.26 Å². The quantitative estimate of drug-likeness (QED) is 0.807. The van der Waals surface area contributed by atoms with Crippen LogP contribution >= 0.6 is 0 Å². The molecule has 1 aromatic carbocycles. The van der Waals surface area contributed by atoms with Crippen LogP contribution in [0.25, 0.3) is 5.69 Å². The van der Waals surface area contributed by atoms with E-state index in [1.165, 1.54) is 11.6 Å². The molecule has 0 N–H and O–H groups in total. The molecule has 0 saturated carbocycles. The molecule has 90 valence electrons. The first kappa shape index (κ1) is 12.1. The average molecular weight is 238 g/mol. The molecule has 3 heteroatoms. The van der Waals surface area contributed by atoms with Gasteiger partial charge in [-0.15, -0.1) is 0 Å². The van der Waals surface area contributed by atoms with Gasteiger partial charge in [0, 0.05) is 23.6 Å². The lowest BCUT2D eigenvalue weighted by Crippen LogP contribution is -2.11. The summed E-state index contributed by atoms with van der Waals surface area (Å²) in [4.78, 5) is 11.5. The van der Waals surface area contributed by atoms with Crippen molar-refractivity contribution in [2.24, 2.45) is 0 Å². The Labute approximate surface area is 106 Å². The monoisotopic (exact) mass is 238 g/mol. The lowest BCUT2D eigenvalue weighted by atomic mass is 10.1. The summed E-state index contributed by atoms with van der Waals surface area (Å²) in [6.07, 6.45) is 2.59. The minimum Gasteiger partial charge on any atom is -0.320 e. The highest BCUT2D eigenvalue weighted by Crippen LogP contribution is 2.12. The Morgan fingerprint density at radius 2 is 1.94 bits per heavy atom. The topological polar surface area (TPSA) is 45.8 Å². The second kappa shape index (κ2) is 4.89. The molecule has 0 radical (unpaired) electrons. The van der Waals surface area contributed by atoms with Gasteiger partial charge in [0.1, 0.15) is 11.6 Å². The van der Waals surface area contributed by atoms with Crippen LogP contribution in [0.5, 0.6) is 0 Å². The Morgan fingerprint density at radius 3 is 2.50 bits per heavy atom. The fourth-order valence-electron chi connectivity index (χ4n) is 1.89. The van der Waals surface area contributed by atoms with Gasteiger partial charge in [0.2, 0.25) is 0 Å². The highest BCUT2D eigenvalue weighted by atomic mass is 16.1. The molecule has 18 heavy (non-hydrogen) atoms. The third kappa shape index (κ3) is 2.18. The number of aromatic nitrogens is 1. The SMILES string of the molecule is CCc1ccc(-n2cc(C#N)c(=O)cc2C)cc1. The van der Waals surface area contributed by atoms with Crippen LogP contribution in [0.1, 0.15) is 23.7 Å². The zero-order valence-electron chi connectivity index (χ0n) is 10.5. The molecule has 1 heterocycles. The van der Waals surface area contributed by atoms with Crippen molar-refractivity contribution in [3.63, 3.8) is 0 Å². The van der Waals surface area contributed by atoms with Gasteiger partial charge in [0.15, 0.2) is 5.43 Å². The molecule has 0 amide bonds. The van der Waals surface area contributed by atoms with Gasteiger partial charge in [0.25, 0.3) is 0 Å². The summed E-state index contributed by atoms with van der Waals surface area (Å²) in [7, 11) is 0. The van der Waals surface area contributed by atoms with Crippen LogP contribution in [0.2, 0.25) is 0 Å². The number of aryl methyl sites for hydroxylation is 2. The Kier molecular flexibility index (Phi) is 3.29. The van der Waals surface area contributed by atoms with Gasteiger partial charge in [-0.25, -0.2) is 0 Å². The number of hydrogen-bond donors (Lipinski definition) is 0. The molecule has 1 aromatic heterocycles. The van der Waals surface area contributed by atoms with Crippen LogP contribution in [0.3, 0.4) is 0 Å². The van der Waals surface area contributed by atoms with Crippen molar-refractivity contribution in [3.05, 3.63) is 63.6 Å². The molecular formula is C15H14N2O. The summed E-state index contributed by atoms with van der Waals surface area (Å²) in [6, 6.07) is 11.5. The summed E-state index contributed by atoms with van der Waals surface area (Å²) < 4.78 is 1.86.